The van der Waals surface area contributed by atoms with Crippen LogP contribution in [0.5, 0.6) is 5.88 Å². The van der Waals surface area contributed by atoms with Crippen molar-refractivity contribution in [2.24, 2.45) is 0 Å². The van der Waals surface area contributed by atoms with Crippen molar-refractivity contribution in [1.82, 2.24) is 19.9 Å². The Labute approximate surface area is 145 Å². The molecule has 0 aliphatic carbocycles. The molecule has 0 unspecified atom stereocenters. The number of hydrogen-bond donors (Lipinski definition) is 0. The molecule has 0 radical (unpaired) electrons. The van der Waals surface area contributed by atoms with Gasteiger partial charge in [-0.15, -0.1) is 0 Å². The van der Waals surface area contributed by atoms with Gasteiger partial charge in [-0.2, -0.15) is 0 Å². The van der Waals surface area contributed by atoms with Crippen molar-refractivity contribution < 1.29 is 9.53 Å². The summed E-state index contributed by atoms with van der Waals surface area (Å²) in [6, 6.07) is 9.94. The molecular formula is C19H18N4O2. The molecule has 0 N–H and O–H groups in total. The Hall–Kier alpha value is -3.02. The SMILES string of the molecule is COc1ncnc2c1CN(C(=O)Cc1cnc3ccccc3c1)CC2. The summed E-state index contributed by atoms with van der Waals surface area (Å²) in [7, 11) is 1.59. The normalized spacial score (nSPS) is 13.6. The van der Waals surface area contributed by atoms with Gasteiger partial charge in [-0.25, -0.2) is 9.97 Å². The van der Waals surface area contributed by atoms with Gasteiger partial charge in [0.25, 0.3) is 0 Å². The molecular weight excluding hydrogens is 316 g/mol. The van der Waals surface area contributed by atoms with Crippen LogP contribution in [0.15, 0.2) is 42.9 Å². The molecule has 0 bridgehead atoms. The topological polar surface area (TPSA) is 68.2 Å². The van der Waals surface area contributed by atoms with Gasteiger partial charge in [0, 0.05) is 24.5 Å². The zero-order chi connectivity index (χ0) is 17.2. The molecule has 0 saturated carbocycles. The van der Waals surface area contributed by atoms with E-state index in [2.05, 4.69) is 15.0 Å². The van der Waals surface area contributed by atoms with Crippen LogP contribution in [0, 0.1) is 0 Å². The Kier molecular flexibility index (Phi) is 4.01. The number of para-hydroxylation sites is 1. The average Bonchev–Trinajstić information content (AvgIpc) is 2.67. The number of methoxy groups -OCH3 is 1. The lowest BCUT2D eigenvalue weighted by Gasteiger charge is -2.28. The molecule has 3 aromatic rings. The van der Waals surface area contributed by atoms with Crippen molar-refractivity contribution >= 4 is 16.8 Å². The van der Waals surface area contributed by atoms with Gasteiger partial charge in [-0.05, 0) is 17.7 Å². The van der Waals surface area contributed by atoms with Crippen LogP contribution in [0.1, 0.15) is 16.8 Å². The summed E-state index contributed by atoms with van der Waals surface area (Å²) in [6.45, 7) is 1.15. The first kappa shape index (κ1) is 15.5. The number of ether oxygens (including phenoxy) is 1. The molecule has 2 aromatic heterocycles. The number of rotatable bonds is 3. The fraction of sp³-hybridized carbons (Fsp3) is 0.263. The minimum absolute atomic E-state index is 0.0774. The van der Waals surface area contributed by atoms with Gasteiger partial charge in [-0.1, -0.05) is 18.2 Å². The van der Waals surface area contributed by atoms with Gasteiger partial charge in [-0.3, -0.25) is 9.78 Å². The third kappa shape index (κ3) is 3.03. The van der Waals surface area contributed by atoms with Crippen molar-refractivity contribution in [2.45, 2.75) is 19.4 Å². The summed E-state index contributed by atoms with van der Waals surface area (Å²) < 4.78 is 5.31. The third-order valence-corrected chi connectivity index (χ3v) is 4.51. The summed E-state index contributed by atoms with van der Waals surface area (Å²) in [5.41, 5.74) is 3.72. The Morgan fingerprint density at radius 3 is 3.00 bits per heavy atom. The molecule has 1 amide bonds. The molecule has 25 heavy (non-hydrogen) atoms. The summed E-state index contributed by atoms with van der Waals surface area (Å²) in [4.78, 5) is 27.4. The minimum Gasteiger partial charge on any atom is -0.481 e. The van der Waals surface area contributed by atoms with Gasteiger partial charge >= 0.3 is 0 Å². The molecule has 0 fully saturated rings. The first-order valence-corrected chi connectivity index (χ1v) is 8.23. The van der Waals surface area contributed by atoms with Crippen molar-refractivity contribution in [1.29, 1.82) is 0 Å². The molecule has 6 heteroatoms. The van der Waals surface area contributed by atoms with Gasteiger partial charge in [0.15, 0.2) is 0 Å². The van der Waals surface area contributed by atoms with E-state index in [9.17, 15) is 4.79 Å². The van der Waals surface area contributed by atoms with Gasteiger partial charge < -0.3 is 9.64 Å². The Balaban J connectivity index is 1.53. The summed E-state index contributed by atoms with van der Waals surface area (Å²) in [5, 5.41) is 1.05. The Morgan fingerprint density at radius 1 is 1.24 bits per heavy atom. The summed E-state index contributed by atoms with van der Waals surface area (Å²) in [5.74, 6) is 0.628. The highest BCUT2D eigenvalue weighted by atomic mass is 16.5. The first-order chi connectivity index (χ1) is 12.2. The van der Waals surface area contributed by atoms with Gasteiger partial charge in [0.2, 0.25) is 11.8 Å². The Bertz CT molecular complexity index is 927. The predicted molar refractivity (Wildman–Crippen MR) is 93.2 cm³/mol. The van der Waals surface area contributed by atoms with Crippen LogP contribution >= 0.6 is 0 Å². The molecule has 0 atom stereocenters. The number of amides is 1. The number of aromatic nitrogens is 3. The van der Waals surface area contributed by atoms with Crippen LogP contribution in [-0.4, -0.2) is 39.4 Å². The third-order valence-electron chi connectivity index (χ3n) is 4.51. The standard InChI is InChI=1S/C19H18N4O2/c1-25-19-15-11-23(7-6-17(15)21-12-22-19)18(24)9-13-8-14-4-2-3-5-16(14)20-10-13/h2-5,8,10,12H,6-7,9,11H2,1H3. The van der Waals surface area contributed by atoms with Gasteiger partial charge in [0.05, 0.1) is 36.8 Å². The highest BCUT2D eigenvalue weighted by molar-refractivity contribution is 5.82. The van der Waals surface area contributed by atoms with E-state index in [1.807, 2.05) is 35.2 Å². The lowest BCUT2D eigenvalue weighted by atomic mass is 10.0. The van der Waals surface area contributed by atoms with E-state index in [1.54, 1.807) is 13.3 Å². The van der Waals surface area contributed by atoms with Crippen molar-refractivity contribution in [3.05, 3.63) is 59.7 Å². The largest absolute Gasteiger partial charge is 0.481 e. The van der Waals surface area contributed by atoms with E-state index < -0.39 is 0 Å². The second-order valence-corrected chi connectivity index (χ2v) is 6.09. The molecule has 1 aliphatic heterocycles. The van der Waals surface area contributed by atoms with Crippen LogP contribution in [0.3, 0.4) is 0 Å². The lowest BCUT2D eigenvalue weighted by Crippen LogP contribution is -2.37. The number of hydrogen-bond acceptors (Lipinski definition) is 5. The van der Waals surface area contributed by atoms with E-state index in [-0.39, 0.29) is 5.91 Å². The molecule has 3 heterocycles. The fourth-order valence-electron chi connectivity index (χ4n) is 3.20. The smallest absolute Gasteiger partial charge is 0.227 e. The summed E-state index contributed by atoms with van der Waals surface area (Å²) >= 11 is 0. The number of carbonyl (C=O) groups excluding carboxylic acids is 1. The van der Waals surface area contributed by atoms with Crippen LogP contribution in [0.4, 0.5) is 0 Å². The molecule has 4 rings (SSSR count). The Morgan fingerprint density at radius 2 is 2.12 bits per heavy atom. The van der Waals surface area contributed by atoms with Crippen LogP contribution in [-0.2, 0) is 24.2 Å². The molecule has 0 saturated heterocycles. The molecule has 1 aliphatic rings. The highest BCUT2D eigenvalue weighted by Gasteiger charge is 2.25. The van der Waals surface area contributed by atoms with E-state index >= 15 is 0 Å². The highest BCUT2D eigenvalue weighted by Crippen LogP contribution is 2.24. The number of carbonyl (C=O) groups is 1. The maximum Gasteiger partial charge on any atom is 0.227 e. The van der Waals surface area contributed by atoms with Crippen molar-refractivity contribution in [3.63, 3.8) is 0 Å². The minimum atomic E-state index is 0.0774. The fourth-order valence-corrected chi connectivity index (χ4v) is 3.20. The number of nitrogens with zero attached hydrogens (tertiary/aromatic N) is 4. The van der Waals surface area contributed by atoms with Crippen molar-refractivity contribution in [3.8, 4) is 5.88 Å². The molecule has 6 nitrogen and oxygen atoms in total. The lowest BCUT2D eigenvalue weighted by molar-refractivity contribution is -0.131. The number of pyridine rings is 1. The predicted octanol–water partition coefficient (Wildman–Crippen LogP) is 2.16. The van der Waals surface area contributed by atoms with E-state index in [0.717, 1.165) is 34.1 Å². The maximum absolute atomic E-state index is 12.7. The van der Waals surface area contributed by atoms with Crippen molar-refractivity contribution in [2.75, 3.05) is 13.7 Å². The van der Waals surface area contributed by atoms with E-state index in [1.165, 1.54) is 6.33 Å². The quantitative estimate of drug-likeness (QED) is 0.734. The average molecular weight is 334 g/mol. The zero-order valence-corrected chi connectivity index (χ0v) is 14.0. The van der Waals surface area contributed by atoms with Crippen LogP contribution in [0.25, 0.3) is 10.9 Å². The zero-order valence-electron chi connectivity index (χ0n) is 14.0. The molecule has 0 spiro atoms. The number of fused-ring (bicyclic) bond motifs is 2. The van der Waals surface area contributed by atoms with E-state index in [4.69, 9.17) is 4.74 Å². The van der Waals surface area contributed by atoms with Crippen LogP contribution < -0.4 is 4.74 Å². The first-order valence-electron chi connectivity index (χ1n) is 8.23. The molecule has 126 valence electrons. The van der Waals surface area contributed by atoms with Gasteiger partial charge in [0.1, 0.15) is 6.33 Å². The monoisotopic (exact) mass is 334 g/mol. The summed E-state index contributed by atoms with van der Waals surface area (Å²) in [6.07, 6.45) is 4.34. The molecule has 1 aromatic carbocycles. The van der Waals surface area contributed by atoms with E-state index in [0.29, 0.717) is 25.4 Å². The second-order valence-electron chi connectivity index (χ2n) is 6.09. The maximum atomic E-state index is 12.7. The van der Waals surface area contributed by atoms with Crippen LogP contribution in [0.2, 0.25) is 0 Å². The number of benzene rings is 1. The second kappa shape index (κ2) is 6.47.